The van der Waals surface area contributed by atoms with E-state index in [0.29, 0.717) is 17.2 Å². The van der Waals surface area contributed by atoms with Crippen LogP contribution in [-0.2, 0) is 24.3 Å². The largest absolute Gasteiger partial charge is 0.442 e. The molecule has 1 saturated carbocycles. The Morgan fingerprint density at radius 3 is 2.48 bits per heavy atom. The number of hydrogen-bond donors (Lipinski definition) is 0. The third kappa shape index (κ3) is 7.17. The first-order valence-corrected chi connectivity index (χ1v) is 9.35. The Balaban J connectivity index is 2.09. The Kier molecular flexibility index (Phi) is 6.47. The highest BCUT2D eigenvalue weighted by atomic mass is 32.2. The quantitative estimate of drug-likeness (QED) is 0.581. The van der Waals surface area contributed by atoms with Crippen LogP contribution in [0.4, 0.5) is 4.79 Å². The minimum atomic E-state index is -1.76. The number of rotatable bonds is 5. The van der Waals surface area contributed by atoms with Crippen LogP contribution in [0.3, 0.4) is 0 Å². The van der Waals surface area contributed by atoms with Crippen LogP contribution in [0.25, 0.3) is 0 Å². The molecule has 0 bridgehead atoms. The lowest BCUT2D eigenvalue weighted by atomic mass is 10.0. The van der Waals surface area contributed by atoms with Crippen LogP contribution in [0.2, 0.25) is 0 Å². The molecule has 1 aromatic carbocycles. The molecule has 0 aromatic heterocycles. The van der Waals surface area contributed by atoms with E-state index in [4.69, 9.17) is 4.74 Å². The number of benzene rings is 1. The van der Waals surface area contributed by atoms with Gasteiger partial charge >= 0.3 is 6.09 Å². The third-order valence-electron chi connectivity index (χ3n) is 3.47. The van der Waals surface area contributed by atoms with Crippen LogP contribution >= 0.6 is 0 Å². The smallest absolute Gasteiger partial charge is 0.433 e. The van der Waals surface area contributed by atoms with Gasteiger partial charge in [0.05, 0.1) is 5.92 Å². The molecule has 0 aliphatic heterocycles. The lowest BCUT2D eigenvalue weighted by molar-refractivity contribution is -0.119. The van der Waals surface area contributed by atoms with Gasteiger partial charge in [-0.25, -0.2) is 4.79 Å². The van der Waals surface area contributed by atoms with Crippen molar-refractivity contribution >= 4 is 28.8 Å². The molecule has 1 unspecified atom stereocenters. The van der Waals surface area contributed by atoms with Gasteiger partial charge in [0, 0.05) is 6.21 Å². The van der Waals surface area contributed by atoms with E-state index < -0.39 is 34.1 Å². The number of hydrogen-bond acceptors (Lipinski definition) is 5. The van der Waals surface area contributed by atoms with E-state index in [2.05, 4.69) is 9.36 Å². The molecule has 6 nitrogen and oxygen atoms in total. The van der Waals surface area contributed by atoms with Gasteiger partial charge in [-0.15, -0.1) is 0 Å². The number of carbonyl (C=O) groups is 2. The normalized spacial score (nSPS) is 17.4. The van der Waals surface area contributed by atoms with E-state index in [1.54, 1.807) is 51.1 Å². The lowest BCUT2D eigenvalue weighted by Crippen LogP contribution is -2.23. The van der Waals surface area contributed by atoms with Crippen molar-refractivity contribution < 1.29 is 18.5 Å². The van der Waals surface area contributed by atoms with Crippen molar-refractivity contribution in [2.24, 2.45) is 21.2 Å². The molecular weight excluding hydrogens is 340 g/mol. The first-order chi connectivity index (χ1) is 11.7. The molecule has 136 valence electrons. The summed E-state index contributed by atoms with van der Waals surface area (Å²) < 4.78 is 21.0. The maximum atomic E-state index is 12.4. The van der Waals surface area contributed by atoms with Crippen molar-refractivity contribution in [1.29, 1.82) is 0 Å². The molecule has 0 spiro atoms. The molecule has 0 heterocycles. The summed E-state index contributed by atoms with van der Waals surface area (Å²) in [5.41, 5.74) is -0.649. The predicted molar refractivity (Wildman–Crippen MR) is 95.8 cm³/mol. The average molecular weight is 363 g/mol. The lowest BCUT2D eigenvalue weighted by Gasteiger charge is -2.17. The van der Waals surface area contributed by atoms with Crippen molar-refractivity contribution in [2.45, 2.75) is 50.5 Å². The van der Waals surface area contributed by atoms with Gasteiger partial charge in [0.1, 0.15) is 5.60 Å². The Morgan fingerprint density at radius 2 is 1.92 bits per heavy atom. The van der Waals surface area contributed by atoms with E-state index in [1.165, 1.54) is 6.21 Å². The molecule has 1 atom stereocenters. The second kappa shape index (κ2) is 8.38. The number of aliphatic imine (C=N–C) groups is 1. The molecule has 1 aliphatic carbocycles. The van der Waals surface area contributed by atoms with Gasteiger partial charge in [0.25, 0.3) is 0 Å². The van der Waals surface area contributed by atoms with Crippen LogP contribution in [0.5, 0.6) is 0 Å². The van der Waals surface area contributed by atoms with Crippen molar-refractivity contribution in [2.75, 3.05) is 0 Å². The summed E-state index contributed by atoms with van der Waals surface area (Å²) in [6, 6.07) is 8.57. The summed E-state index contributed by atoms with van der Waals surface area (Å²) in [4.78, 5) is 28.3. The van der Waals surface area contributed by atoms with Crippen molar-refractivity contribution in [3.8, 4) is 0 Å². The van der Waals surface area contributed by atoms with Crippen molar-refractivity contribution in [1.82, 2.24) is 0 Å². The first-order valence-electron chi connectivity index (χ1n) is 8.24. The van der Waals surface area contributed by atoms with Crippen molar-refractivity contribution in [3.05, 3.63) is 30.3 Å². The fourth-order valence-corrected chi connectivity index (χ4v) is 2.91. The molecule has 0 N–H and O–H groups in total. The third-order valence-corrected chi connectivity index (χ3v) is 4.49. The summed E-state index contributed by atoms with van der Waals surface area (Å²) in [6.07, 6.45) is 3.18. The summed E-state index contributed by atoms with van der Waals surface area (Å²) in [6.45, 7) is 5.22. The molecule has 1 aromatic rings. The molecule has 2 rings (SSSR count). The van der Waals surface area contributed by atoms with Gasteiger partial charge in [-0.2, -0.15) is 15.6 Å². The van der Waals surface area contributed by atoms with Gasteiger partial charge in [-0.05, 0) is 33.1 Å². The van der Waals surface area contributed by atoms with E-state index in [-0.39, 0.29) is 0 Å². The van der Waals surface area contributed by atoms with E-state index in [1.807, 2.05) is 0 Å². The maximum absolute atomic E-state index is 12.4. The maximum Gasteiger partial charge on any atom is 0.433 e. The zero-order valence-corrected chi connectivity index (χ0v) is 15.5. The highest BCUT2D eigenvalue weighted by molar-refractivity contribution is 7.75. The molecular formula is C18H23N2O4S-. The first kappa shape index (κ1) is 19.3. The van der Waals surface area contributed by atoms with E-state index in [9.17, 15) is 13.8 Å². The van der Waals surface area contributed by atoms with Crippen LogP contribution in [0.1, 0.15) is 40.0 Å². The van der Waals surface area contributed by atoms with Crippen LogP contribution in [-0.4, -0.2) is 23.8 Å². The molecule has 0 saturated heterocycles. The van der Waals surface area contributed by atoms with Crippen molar-refractivity contribution in [3.63, 3.8) is 0 Å². The second-order valence-corrected chi connectivity index (χ2v) is 8.19. The number of amides is 2. The number of nitrogens with zero attached hydrogens (tertiary/aromatic N) is 2. The monoisotopic (exact) mass is 363 g/mol. The fourth-order valence-electron chi connectivity index (χ4n) is 2.12. The van der Waals surface area contributed by atoms with Crippen LogP contribution in [0.15, 0.2) is 44.6 Å². The van der Waals surface area contributed by atoms with Crippen LogP contribution < -0.4 is 0 Å². The zero-order chi connectivity index (χ0) is 18.4. The number of carbonyl (C=O) groups excluding carboxylic acids is 2. The molecule has 1 aliphatic rings. The minimum Gasteiger partial charge on any atom is -0.442 e. The van der Waals surface area contributed by atoms with Gasteiger partial charge in [-0.1, -0.05) is 48.1 Å². The Labute approximate surface area is 149 Å². The predicted octanol–water partition coefficient (Wildman–Crippen LogP) is 4.14. The average Bonchev–Trinajstić information content (AvgIpc) is 3.34. The van der Waals surface area contributed by atoms with Gasteiger partial charge in [0.2, 0.25) is 5.91 Å². The van der Waals surface area contributed by atoms with E-state index >= 15 is 0 Å². The summed E-state index contributed by atoms with van der Waals surface area (Å²) in [5, 5.41) is 0. The summed E-state index contributed by atoms with van der Waals surface area (Å²) >= 11 is 0. The van der Waals surface area contributed by atoms with Gasteiger partial charge in [0.15, 0.2) is 0 Å². The molecule has 0 radical (unpaired) electrons. The van der Waals surface area contributed by atoms with Crippen LogP contribution in [0, 0.1) is 11.8 Å². The molecule has 25 heavy (non-hydrogen) atoms. The number of ether oxygens (including phenoxy) is 1. The molecule has 2 amide bonds. The highest BCUT2D eigenvalue weighted by Crippen LogP contribution is 2.35. The minimum absolute atomic E-state index is 0.430. The SMILES string of the molecule is CC(C)(C)OC(=O)N=CC(CC1CC1)C(=O)N=[S-](=O)c1ccccc1. The molecule has 1 fully saturated rings. The Morgan fingerprint density at radius 1 is 1.28 bits per heavy atom. The summed E-state index contributed by atoms with van der Waals surface area (Å²) in [7, 11) is -1.76. The fraction of sp³-hybridized carbons (Fsp3) is 0.500. The van der Waals surface area contributed by atoms with E-state index in [0.717, 1.165) is 12.8 Å². The summed E-state index contributed by atoms with van der Waals surface area (Å²) in [5.74, 6) is -0.756. The highest BCUT2D eigenvalue weighted by Gasteiger charge is 2.28. The standard InChI is InChI=1S/C18H23N2O4S/c1-18(2,3)24-17(22)19-12-14(11-13-9-10-13)16(21)20-25(23)15-7-5-4-6-8-15/h4-8,12-14H,9-11H2,1-3H3/q-1. The Hall–Kier alpha value is -2.02. The van der Waals surface area contributed by atoms with Gasteiger partial charge in [-0.3, -0.25) is 4.79 Å². The Bertz CT molecular complexity index is 727. The second-order valence-electron chi connectivity index (χ2n) is 7.04. The zero-order valence-electron chi connectivity index (χ0n) is 14.7. The molecule has 7 heteroatoms. The topological polar surface area (TPSA) is 85.2 Å². The van der Waals surface area contributed by atoms with Gasteiger partial charge < -0.3 is 13.3 Å².